The van der Waals surface area contributed by atoms with Crippen LogP contribution in [0.2, 0.25) is 0 Å². The van der Waals surface area contributed by atoms with Crippen LogP contribution in [0.1, 0.15) is 5.56 Å². The van der Waals surface area contributed by atoms with Gasteiger partial charge in [-0.25, -0.2) is 9.50 Å². The van der Waals surface area contributed by atoms with E-state index in [1.165, 1.54) is 4.52 Å². The first-order chi connectivity index (χ1) is 15.1. The van der Waals surface area contributed by atoms with Gasteiger partial charge >= 0.3 is 6.15 Å². The van der Waals surface area contributed by atoms with Crippen molar-refractivity contribution in [3.8, 4) is 28.5 Å². The number of nitrogens with zero attached hydrogens (tertiary/aromatic N) is 4. The molecule has 0 bridgehead atoms. The molecule has 0 radical (unpaired) electrons. The van der Waals surface area contributed by atoms with Crippen LogP contribution in [0, 0.1) is 11.3 Å². The van der Waals surface area contributed by atoms with Crippen LogP contribution in [0.3, 0.4) is 0 Å². The van der Waals surface area contributed by atoms with Crippen LogP contribution in [0.15, 0.2) is 77.9 Å². The second-order valence-corrected chi connectivity index (χ2v) is 6.53. The Morgan fingerprint density at radius 2 is 1.68 bits per heavy atom. The predicted octanol–water partition coefficient (Wildman–Crippen LogP) is 3.19. The average Bonchev–Trinajstić information content (AvgIpc) is 3.24. The Hall–Kier alpha value is -4.86. The van der Waals surface area contributed by atoms with E-state index in [0.717, 1.165) is 22.4 Å². The second kappa shape index (κ2) is 8.25. The molecule has 0 amide bonds. The first-order valence-corrected chi connectivity index (χ1v) is 9.10. The van der Waals surface area contributed by atoms with Crippen molar-refractivity contribution in [2.75, 3.05) is 0 Å². The minimum atomic E-state index is -0.151. The standard InChI is InChI=1S/C22H13N5O.CO2/c23-12-14-3-5-15(6-4-14)16-7-8-18-20(10-16)25-21-11-19(26-27(21)22(18)28)17-2-1-9-24-13-17;2-1-3/h1-11,13,26H;. The molecule has 0 spiro atoms. The molecule has 0 saturated carbocycles. The van der Waals surface area contributed by atoms with Crippen molar-refractivity contribution in [1.29, 1.82) is 5.26 Å². The van der Waals surface area contributed by atoms with Crippen LogP contribution in [0.5, 0.6) is 0 Å². The molecule has 0 fully saturated rings. The Labute approximate surface area is 175 Å². The lowest BCUT2D eigenvalue weighted by Gasteiger charge is -2.04. The molecular formula is C23H13N5O3. The summed E-state index contributed by atoms with van der Waals surface area (Å²) in [7, 11) is 0. The molecule has 31 heavy (non-hydrogen) atoms. The van der Waals surface area contributed by atoms with E-state index in [9.17, 15) is 4.79 Å². The average molecular weight is 407 g/mol. The SMILES string of the molecule is N#Cc1ccc(-c2ccc3c(=O)n4[nH]c(-c5cccnc5)cc4nc3c2)cc1.O=C=O. The lowest BCUT2D eigenvalue weighted by molar-refractivity contribution is -0.191. The highest BCUT2D eigenvalue weighted by molar-refractivity contribution is 5.85. The van der Waals surface area contributed by atoms with Crippen LogP contribution in [0.25, 0.3) is 38.9 Å². The van der Waals surface area contributed by atoms with Gasteiger partial charge in [-0.1, -0.05) is 18.2 Å². The summed E-state index contributed by atoms with van der Waals surface area (Å²) in [4.78, 5) is 37.9. The summed E-state index contributed by atoms with van der Waals surface area (Å²) < 4.78 is 1.45. The van der Waals surface area contributed by atoms with Crippen LogP contribution < -0.4 is 5.56 Å². The van der Waals surface area contributed by atoms with Gasteiger partial charge in [0.25, 0.3) is 5.56 Å². The predicted molar refractivity (Wildman–Crippen MR) is 112 cm³/mol. The number of fused-ring (bicyclic) bond motifs is 2. The van der Waals surface area contributed by atoms with Crippen molar-refractivity contribution in [1.82, 2.24) is 19.6 Å². The zero-order valence-corrected chi connectivity index (χ0v) is 15.9. The number of aromatic nitrogens is 4. The molecule has 5 rings (SSSR count). The fourth-order valence-corrected chi connectivity index (χ4v) is 3.28. The van der Waals surface area contributed by atoms with Crippen molar-refractivity contribution >= 4 is 22.7 Å². The van der Waals surface area contributed by atoms with Gasteiger partial charge in [0.05, 0.1) is 28.2 Å². The Morgan fingerprint density at radius 1 is 0.935 bits per heavy atom. The van der Waals surface area contributed by atoms with Gasteiger partial charge in [0.2, 0.25) is 0 Å². The molecule has 3 aromatic heterocycles. The van der Waals surface area contributed by atoms with Gasteiger partial charge in [-0.3, -0.25) is 14.9 Å². The lowest BCUT2D eigenvalue weighted by atomic mass is 10.0. The summed E-state index contributed by atoms with van der Waals surface area (Å²) in [6.07, 6.45) is 3.69. The zero-order valence-electron chi connectivity index (χ0n) is 15.9. The number of pyridine rings is 1. The number of benzene rings is 2. The lowest BCUT2D eigenvalue weighted by Crippen LogP contribution is -2.15. The number of carbonyl (C=O) groups excluding carboxylic acids is 2. The Morgan fingerprint density at radius 3 is 2.35 bits per heavy atom. The van der Waals surface area contributed by atoms with Crippen molar-refractivity contribution < 1.29 is 9.59 Å². The van der Waals surface area contributed by atoms with Gasteiger partial charge in [0.1, 0.15) is 0 Å². The molecule has 2 aromatic carbocycles. The molecule has 8 heteroatoms. The number of nitrogens with one attached hydrogen (secondary N) is 1. The van der Waals surface area contributed by atoms with E-state index in [0.29, 0.717) is 22.1 Å². The Bertz CT molecular complexity index is 1520. The molecule has 0 aliphatic rings. The van der Waals surface area contributed by atoms with Crippen LogP contribution in [-0.4, -0.2) is 25.7 Å². The number of H-pyrrole nitrogens is 1. The molecule has 0 atom stereocenters. The van der Waals surface area contributed by atoms with Crippen LogP contribution in [0.4, 0.5) is 0 Å². The van der Waals surface area contributed by atoms with Gasteiger partial charge in [0, 0.05) is 24.0 Å². The maximum atomic E-state index is 12.9. The van der Waals surface area contributed by atoms with Crippen LogP contribution >= 0.6 is 0 Å². The molecule has 0 aliphatic carbocycles. The van der Waals surface area contributed by atoms with E-state index >= 15 is 0 Å². The second-order valence-electron chi connectivity index (χ2n) is 6.53. The highest BCUT2D eigenvalue weighted by atomic mass is 16.2. The van der Waals surface area contributed by atoms with E-state index in [1.807, 2.05) is 42.5 Å². The topological polar surface area (TPSA) is 121 Å². The molecule has 8 nitrogen and oxygen atoms in total. The molecule has 0 saturated heterocycles. The van der Waals surface area contributed by atoms with Gasteiger partial charge in [-0.05, 0) is 47.5 Å². The molecule has 0 aliphatic heterocycles. The third-order valence-corrected chi connectivity index (χ3v) is 4.72. The maximum absolute atomic E-state index is 12.9. The highest BCUT2D eigenvalue weighted by Gasteiger charge is 2.11. The zero-order chi connectivity index (χ0) is 21.8. The minimum Gasteiger partial charge on any atom is -0.289 e. The fourth-order valence-electron chi connectivity index (χ4n) is 3.28. The van der Waals surface area contributed by atoms with Gasteiger partial charge in [-0.15, -0.1) is 0 Å². The van der Waals surface area contributed by atoms with Crippen LogP contribution in [-0.2, 0) is 9.59 Å². The fraction of sp³-hybridized carbons (Fsp3) is 0. The highest BCUT2D eigenvalue weighted by Crippen LogP contribution is 2.24. The summed E-state index contributed by atoms with van der Waals surface area (Å²) in [6, 6.07) is 20.6. The summed E-state index contributed by atoms with van der Waals surface area (Å²) in [5, 5.41) is 12.6. The van der Waals surface area contributed by atoms with E-state index < -0.39 is 0 Å². The molecule has 1 N–H and O–H groups in total. The van der Waals surface area contributed by atoms with Gasteiger partial charge in [0.15, 0.2) is 5.65 Å². The van der Waals surface area contributed by atoms with Crippen molar-refractivity contribution in [3.63, 3.8) is 0 Å². The number of rotatable bonds is 2. The molecule has 5 aromatic rings. The normalized spacial score (nSPS) is 10.2. The Kier molecular flexibility index (Phi) is 5.18. The maximum Gasteiger partial charge on any atom is 0.373 e. The molecule has 148 valence electrons. The number of aromatic amines is 1. The van der Waals surface area contributed by atoms with Gasteiger partial charge < -0.3 is 0 Å². The number of hydrogen-bond donors (Lipinski definition) is 1. The molecular weight excluding hydrogens is 394 g/mol. The number of hydrogen-bond acceptors (Lipinski definition) is 6. The minimum absolute atomic E-state index is 0.151. The quantitative estimate of drug-likeness (QED) is 0.480. The van der Waals surface area contributed by atoms with Crippen molar-refractivity contribution in [2.45, 2.75) is 0 Å². The van der Waals surface area contributed by atoms with E-state index in [2.05, 4.69) is 21.1 Å². The summed E-state index contributed by atoms with van der Waals surface area (Å²) in [5.74, 6) is 0. The van der Waals surface area contributed by atoms with E-state index in [-0.39, 0.29) is 11.7 Å². The van der Waals surface area contributed by atoms with Crippen molar-refractivity contribution in [2.24, 2.45) is 0 Å². The van der Waals surface area contributed by atoms with Crippen molar-refractivity contribution in [3.05, 3.63) is 89.0 Å². The van der Waals surface area contributed by atoms with E-state index in [4.69, 9.17) is 14.9 Å². The third kappa shape index (κ3) is 3.72. The third-order valence-electron chi connectivity index (χ3n) is 4.72. The summed E-state index contributed by atoms with van der Waals surface area (Å²) in [5.41, 5.74) is 5.20. The molecule has 3 heterocycles. The summed E-state index contributed by atoms with van der Waals surface area (Å²) >= 11 is 0. The van der Waals surface area contributed by atoms with Gasteiger partial charge in [-0.2, -0.15) is 14.9 Å². The molecule has 0 unspecified atom stereocenters. The Balaban J connectivity index is 0.000000730. The van der Waals surface area contributed by atoms with E-state index in [1.54, 1.807) is 30.6 Å². The monoisotopic (exact) mass is 407 g/mol. The summed E-state index contributed by atoms with van der Waals surface area (Å²) in [6.45, 7) is 0. The largest absolute Gasteiger partial charge is 0.373 e. The number of nitriles is 1. The smallest absolute Gasteiger partial charge is 0.289 e. The first-order valence-electron chi connectivity index (χ1n) is 9.10. The first kappa shape index (κ1) is 19.5.